The molecule has 0 fully saturated rings. The standard InChI is InChI=1S/C44H36N2O12/c45-33-15-7-13-31(25-33)41(49)57-37-28-36(44(52)56-24-22-54-40(48)20-18-30-11-5-2-6-12-30)38(58-42(50)32-14-8-16-34(46)26-32)27-35(37)43(51)55-23-21-53-39(47)19-17-29-9-3-1-4-10-29/h1-20,25-28H,21-24,45-46H2/b19-17+,20-18+. The summed E-state index contributed by atoms with van der Waals surface area (Å²) in [6.07, 6.45) is 5.51. The molecular formula is C44H36N2O12. The molecule has 5 aromatic carbocycles. The van der Waals surface area contributed by atoms with Gasteiger partial charge in [-0.15, -0.1) is 0 Å². The summed E-state index contributed by atoms with van der Waals surface area (Å²) < 4.78 is 32.0. The van der Waals surface area contributed by atoms with Crippen molar-refractivity contribution >= 4 is 59.3 Å². The molecule has 0 atom stereocenters. The number of carbonyl (C=O) groups is 6. The Morgan fingerprint density at radius 3 is 1.19 bits per heavy atom. The van der Waals surface area contributed by atoms with Crippen LogP contribution in [0.5, 0.6) is 11.5 Å². The van der Waals surface area contributed by atoms with Gasteiger partial charge in [0.25, 0.3) is 0 Å². The van der Waals surface area contributed by atoms with Gasteiger partial charge in [-0.1, -0.05) is 72.8 Å². The smallest absolute Gasteiger partial charge is 0.343 e. The zero-order chi connectivity index (χ0) is 41.3. The molecule has 0 heterocycles. The van der Waals surface area contributed by atoms with E-state index in [1.807, 2.05) is 12.1 Å². The normalized spacial score (nSPS) is 10.8. The molecule has 0 aromatic heterocycles. The molecule has 0 spiro atoms. The van der Waals surface area contributed by atoms with Gasteiger partial charge >= 0.3 is 35.8 Å². The summed E-state index contributed by atoms with van der Waals surface area (Å²) >= 11 is 0. The Morgan fingerprint density at radius 2 is 0.810 bits per heavy atom. The minimum Gasteiger partial charge on any atom is -0.459 e. The van der Waals surface area contributed by atoms with Crippen LogP contribution in [0, 0.1) is 0 Å². The predicted octanol–water partition coefficient (Wildman–Crippen LogP) is 6.12. The summed E-state index contributed by atoms with van der Waals surface area (Å²) in [4.78, 5) is 78.0. The van der Waals surface area contributed by atoms with Crippen LogP contribution in [0.1, 0.15) is 52.6 Å². The molecule has 4 N–H and O–H groups in total. The number of rotatable bonds is 16. The average Bonchev–Trinajstić information content (AvgIpc) is 3.23. The van der Waals surface area contributed by atoms with E-state index in [1.54, 1.807) is 72.8 Å². The summed E-state index contributed by atoms with van der Waals surface area (Å²) in [6, 6.07) is 31.5. The second-order valence-corrected chi connectivity index (χ2v) is 12.0. The first kappa shape index (κ1) is 41.2. The molecule has 0 amide bonds. The van der Waals surface area contributed by atoms with Gasteiger partial charge in [-0.05, 0) is 59.7 Å². The first-order valence-electron chi connectivity index (χ1n) is 17.5. The Morgan fingerprint density at radius 1 is 0.431 bits per heavy atom. The van der Waals surface area contributed by atoms with Gasteiger partial charge in [-0.2, -0.15) is 0 Å². The molecule has 58 heavy (non-hydrogen) atoms. The van der Waals surface area contributed by atoms with Crippen molar-refractivity contribution in [1.82, 2.24) is 0 Å². The second kappa shape index (κ2) is 20.6. The Kier molecular flexibility index (Phi) is 14.6. The lowest BCUT2D eigenvalue weighted by Gasteiger charge is -2.16. The number of anilines is 2. The minimum atomic E-state index is -1.11. The van der Waals surface area contributed by atoms with E-state index in [2.05, 4.69) is 0 Å². The highest BCUT2D eigenvalue weighted by atomic mass is 16.6. The van der Waals surface area contributed by atoms with Crippen molar-refractivity contribution in [3.63, 3.8) is 0 Å². The van der Waals surface area contributed by atoms with Crippen molar-refractivity contribution < 1.29 is 57.2 Å². The third-order valence-electron chi connectivity index (χ3n) is 7.72. The molecule has 0 aliphatic carbocycles. The highest BCUT2D eigenvalue weighted by Crippen LogP contribution is 2.32. The van der Waals surface area contributed by atoms with Gasteiger partial charge in [0.15, 0.2) is 0 Å². The van der Waals surface area contributed by atoms with E-state index in [-0.39, 0.29) is 35.7 Å². The summed E-state index contributed by atoms with van der Waals surface area (Å²) in [5.41, 5.74) is 12.8. The van der Waals surface area contributed by atoms with Crippen molar-refractivity contribution in [2.24, 2.45) is 0 Å². The second-order valence-electron chi connectivity index (χ2n) is 12.0. The molecule has 5 rings (SSSR count). The topological polar surface area (TPSA) is 210 Å². The van der Waals surface area contributed by atoms with Crippen LogP contribution in [-0.4, -0.2) is 62.2 Å². The van der Waals surface area contributed by atoms with Crippen LogP contribution in [0.2, 0.25) is 0 Å². The fraction of sp³-hybridized carbons (Fsp3) is 0.0909. The number of ether oxygens (including phenoxy) is 6. The van der Waals surface area contributed by atoms with Crippen LogP contribution in [0.3, 0.4) is 0 Å². The van der Waals surface area contributed by atoms with Gasteiger partial charge in [0, 0.05) is 35.7 Å². The van der Waals surface area contributed by atoms with E-state index < -0.39 is 71.7 Å². The van der Waals surface area contributed by atoms with E-state index >= 15 is 0 Å². The number of nitrogen functional groups attached to an aromatic ring is 2. The third-order valence-corrected chi connectivity index (χ3v) is 7.72. The van der Waals surface area contributed by atoms with Gasteiger partial charge in [0.05, 0.1) is 11.1 Å². The SMILES string of the molecule is Nc1cccc(C(=O)Oc2cc(C(=O)OCCOC(=O)/C=C/c3ccccc3)c(OC(=O)c3cccc(N)c3)cc2C(=O)OCCOC(=O)/C=C/c2ccccc2)c1. The zero-order valence-corrected chi connectivity index (χ0v) is 30.7. The maximum absolute atomic E-state index is 13.5. The van der Waals surface area contributed by atoms with E-state index in [4.69, 9.17) is 39.9 Å². The van der Waals surface area contributed by atoms with Crippen molar-refractivity contribution in [2.45, 2.75) is 0 Å². The molecule has 0 aliphatic rings. The van der Waals surface area contributed by atoms with Crippen LogP contribution in [-0.2, 0) is 28.5 Å². The van der Waals surface area contributed by atoms with Crippen LogP contribution in [0.25, 0.3) is 12.2 Å². The fourth-order valence-corrected chi connectivity index (χ4v) is 4.96. The Balaban J connectivity index is 1.37. The Hall–Kier alpha value is -8.00. The molecule has 0 bridgehead atoms. The van der Waals surface area contributed by atoms with Gasteiger partial charge in [-0.25, -0.2) is 28.8 Å². The lowest BCUT2D eigenvalue weighted by molar-refractivity contribution is -0.139. The molecule has 14 nitrogen and oxygen atoms in total. The molecule has 0 radical (unpaired) electrons. The number of benzene rings is 5. The van der Waals surface area contributed by atoms with E-state index in [9.17, 15) is 28.8 Å². The van der Waals surface area contributed by atoms with Crippen LogP contribution >= 0.6 is 0 Å². The summed E-state index contributed by atoms with van der Waals surface area (Å²) in [5, 5.41) is 0. The zero-order valence-electron chi connectivity index (χ0n) is 30.7. The van der Waals surface area contributed by atoms with Crippen molar-refractivity contribution in [3.8, 4) is 11.5 Å². The predicted molar refractivity (Wildman–Crippen MR) is 212 cm³/mol. The first-order valence-corrected chi connectivity index (χ1v) is 17.5. The monoisotopic (exact) mass is 784 g/mol. The molecule has 0 aliphatic heterocycles. The molecule has 294 valence electrons. The van der Waals surface area contributed by atoms with Crippen LogP contribution < -0.4 is 20.9 Å². The fourth-order valence-electron chi connectivity index (χ4n) is 4.96. The highest BCUT2D eigenvalue weighted by Gasteiger charge is 2.27. The van der Waals surface area contributed by atoms with Gasteiger partial charge in [0.1, 0.15) is 49.1 Å². The maximum atomic E-state index is 13.5. The maximum Gasteiger partial charge on any atom is 0.343 e. The van der Waals surface area contributed by atoms with Crippen LogP contribution in [0.15, 0.2) is 133 Å². The van der Waals surface area contributed by atoms with E-state index in [1.165, 1.54) is 48.6 Å². The lowest BCUT2D eigenvalue weighted by Crippen LogP contribution is -2.19. The van der Waals surface area contributed by atoms with Crippen molar-refractivity contribution in [3.05, 3.63) is 167 Å². The van der Waals surface area contributed by atoms with Crippen LogP contribution in [0.4, 0.5) is 11.4 Å². The first-order chi connectivity index (χ1) is 28.0. The largest absolute Gasteiger partial charge is 0.459 e. The molecule has 5 aromatic rings. The lowest BCUT2D eigenvalue weighted by atomic mass is 10.1. The number of hydrogen-bond donors (Lipinski definition) is 2. The van der Waals surface area contributed by atoms with Gasteiger partial charge in [-0.3, -0.25) is 0 Å². The Bertz CT molecular complexity index is 2180. The Labute approximate surface area is 332 Å². The van der Waals surface area contributed by atoms with Crippen molar-refractivity contribution in [2.75, 3.05) is 37.9 Å². The van der Waals surface area contributed by atoms with E-state index in [0.717, 1.165) is 23.3 Å². The quantitative estimate of drug-likeness (QED) is 0.0289. The summed E-state index contributed by atoms with van der Waals surface area (Å²) in [5.74, 6) is -6.55. The minimum absolute atomic E-state index is 0.000728. The van der Waals surface area contributed by atoms with Gasteiger partial charge < -0.3 is 39.9 Å². The highest BCUT2D eigenvalue weighted by molar-refractivity contribution is 6.02. The summed E-state index contributed by atoms with van der Waals surface area (Å²) in [6.45, 7) is -1.57. The van der Waals surface area contributed by atoms with E-state index in [0.29, 0.717) is 0 Å². The van der Waals surface area contributed by atoms with Gasteiger partial charge in [0.2, 0.25) is 0 Å². The number of carbonyl (C=O) groups excluding carboxylic acids is 6. The molecule has 0 saturated carbocycles. The van der Waals surface area contributed by atoms with Crippen molar-refractivity contribution in [1.29, 1.82) is 0 Å². The molecule has 14 heteroatoms. The molecule has 0 saturated heterocycles. The molecular weight excluding hydrogens is 748 g/mol. The number of hydrogen-bond acceptors (Lipinski definition) is 14. The average molecular weight is 785 g/mol. The number of nitrogens with two attached hydrogens (primary N) is 2. The number of esters is 6. The third kappa shape index (κ3) is 12.5. The molecule has 0 unspecified atom stereocenters. The summed E-state index contributed by atoms with van der Waals surface area (Å²) in [7, 11) is 0.